The average Bonchev–Trinajstić information content (AvgIpc) is 2.48. The Morgan fingerprint density at radius 3 is 2.13 bits per heavy atom. The zero-order valence-corrected chi connectivity index (χ0v) is 14.4. The smallest absolute Gasteiger partial charge is 0.320 e. The fraction of sp³-hybridized carbons (Fsp3) is 0.556. The van der Waals surface area contributed by atoms with E-state index in [0.29, 0.717) is 5.56 Å². The molecule has 0 bridgehead atoms. The third kappa shape index (κ3) is 4.62. The lowest BCUT2D eigenvalue weighted by molar-refractivity contribution is -0.146. The van der Waals surface area contributed by atoms with Gasteiger partial charge in [-0.05, 0) is 37.5 Å². The second-order valence-corrected chi connectivity index (χ2v) is 6.17. The van der Waals surface area contributed by atoms with Crippen molar-refractivity contribution in [3.8, 4) is 0 Å². The standard InChI is InChI=1S/C18H26O5/c1-10-6-11(2)16(12(3)7-10)17(18(22)23-5)15(21)8-14(20)13(4)9-19/h6-7,13-14,17,19-20H,8-9H2,1-5H3. The molecule has 0 amide bonds. The van der Waals surface area contributed by atoms with Gasteiger partial charge in [0.25, 0.3) is 0 Å². The topological polar surface area (TPSA) is 83.8 Å². The first-order valence-electron chi connectivity index (χ1n) is 7.70. The first-order chi connectivity index (χ1) is 10.7. The number of aliphatic hydroxyl groups is 2. The van der Waals surface area contributed by atoms with Gasteiger partial charge in [-0.25, -0.2) is 0 Å². The number of aliphatic hydroxyl groups excluding tert-OH is 2. The monoisotopic (exact) mass is 322 g/mol. The van der Waals surface area contributed by atoms with Crippen LogP contribution in [0, 0.1) is 26.7 Å². The molecule has 0 aliphatic carbocycles. The lowest BCUT2D eigenvalue weighted by Crippen LogP contribution is -2.31. The van der Waals surface area contributed by atoms with E-state index in [1.165, 1.54) is 7.11 Å². The normalized spacial score (nSPS) is 14.9. The molecule has 0 aromatic heterocycles. The molecule has 1 aromatic carbocycles. The molecule has 0 fully saturated rings. The van der Waals surface area contributed by atoms with Crippen molar-refractivity contribution in [1.29, 1.82) is 0 Å². The maximum Gasteiger partial charge on any atom is 0.320 e. The number of rotatable bonds is 7. The predicted octanol–water partition coefficient (Wildman–Crippen LogP) is 1.82. The maximum atomic E-state index is 12.6. The van der Waals surface area contributed by atoms with Gasteiger partial charge in [0.15, 0.2) is 5.78 Å². The van der Waals surface area contributed by atoms with Crippen molar-refractivity contribution in [1.82, 2.24) is 0 Å². The van der Waals surface area contributed by atoms with Gasteiger partial charge in [0.1, 0.15) is 5.92 Å². The van der Waals surface area contributed by atoms with Crippen LogP contribution in [0.2, 0.25) is 0 Å². The van der Waals surface area contributed by atoms with Gasteiger partial charge in [-0.3, -0.25) is 9.59 Å². The number of benzene rings is 1. The summed E-state index contributed by atoms with van der Waals surface area (Å²) >= 11 is 0. The predicted molar refractivity (Wildman–Crippen MR) is 87.3 cm³/mol. The molecule has 5 nitrogen and oxygen atoms in total. The summed E-state index contributed by atoms with van der Waals surface area (Å²) < 4.78 is 4.81. The minimum atomic E-state index is -1.05. The molecule has 0 heterocycles. The number of esters is 1. The molecule has 0 aliphatic heterocycles. The van der Waals surface area contributed by atoms with Gasteiger partial charge in [-0.2, -0.15) is 0 Å². The fourth-order valence-corrected chi connectivity index (χ4v) is 2.82. The summed E-state index contributed by atoms with van der Waals surface area (Å²) in [6, 6.07) is 3.83. The van der Waals surface area contributed by atoms with Gasteiger partial charge in [-0.1, -0.05) is 24.6 Å². The first-order valence-corrected chi connectivity index (χ1v) is 7.70. The molecule has 2 N–H and O–H groups in total. The van der Waals surface area contributed by atoms with Crippen LogP contribution in [0.4, 0.5) is 0 Å². The number of carbonyl (C=O) groups excluding carboxylic acids is 2. The Hall–Kier alpha value is -1.72. The zero-order valence-electron chi connectivity index (χ0n) is 14.4. The van der Waals surface area contributed by atoms with Crippen LogP contribution in [0.5, 0.6) is 0 Å². The molecular weight excluding hydrogens is 296 g/mol. The number of methoxy groups -OCH3 is 1. The molecule has 0 aliphatic rings. The van der Waals surface area contributed by atoms with E-state index in [9.17, 15) is 14.7 Å². The van der Waals surface area contributed by atoms with Crippen LogP contribution < -0.4 is 0 Å². The van der Waals surface area contributed by atoms with Gasteiger partial charge in [0.05, 0.1) is 13.2 Å². The Bertz CT molecular complexity index is 556. The van der Waals surface area contributed by atoms with Crippen LogP contribution in [0.15, 0.2) is 12.1 Å². The number of aryl methyl sites for hydroxylation is 3. The van der Waals surface area contributed by atoms with Crippen molar-refractivity contribution in [2.45, 2.75) is 46.1 Å². The summed E-state index contributed by atoms with van der Waals surface area (Å²) in [5.41, 5.74) is 3.37. The molecule has 1 aromatic rings. The molecule has 3 atom stereocenters. The SMILES string of the molecule is COC(=O)C(C(=O)CC(O)C(C)CO)c1c(C)cc(C)cc1C. The third-order valence-electron chi connectivity index (χ3n) is 4.14. The van der Waals surface area contributed by atoms with E-state index >= 15 is 0 Å². The minimum Gasteiger partial charge on any atom is -0.468 e. The van der Waals surface area contributed by atoms with E-state index in [1.807, 2.05) is 32.9 Å². The highest BCUT2D eigenvalue weighted by Crippen LogP contribution is 2.29. The lowest BCUT2D eigenvalue weighted by Gasteiger charge is -2.22. The van der Waals surface area contributed by atoms with Crippen molar-refractivity contribution in [3.05, 3.63) is 34.4 Å². The fourth-order valence-electron chi connectivity index (χ4n) is 2.82. The second kappa shape index (κ2) is 8.22. The summed E-state index contributed by atoms with van der Waals surface area (Å²) in [5.74, 6) is -2.52. The Morgan fingerprint density at radius 2 is 1.70 bits per heavy atom. The quantitative estimate of drug-likeness (QED) is 0.591. The molecule has 3 unspecified atom stereocenters. The number of hydrogen-bond donors (Lipinski definition) is 2. The molecular formula is C18H26O5. The van der Waals surface area contributed by atoms with Gasteiger partial charge in [0, 0.05) is 18.9 Å². The Labute approximate surface area is 137 Å². The van der Waals surface area contributed by atoms with Crippen molar-refractivity contribution in [2.24, 2.45) is 5.92 Å². The molecule has 0 saturated heterocycles. The van der Waals surface area contributed by atoms with Crippen molar-refractivity contribution >= 4 is 11.8 Å². The van der Waals surface area contributed by atoms with Crippen LogP contribution in [0.25, 0.3) is 0 Å². The van der Waals surface area contributed by atoms with E-state index in [-0.39, 0.29) is 13.0 Å². The van der Waals surface area contributed by atoms with Crippen LogP contribution in [0.3, 0.4) is 0 Å². The van der Waals surface area contributed by atoms with Crippen LogP contribution >= 0.6 is 0 Å². The number of carbonyl (C=O) groups is 2. The number of ether oxygens (including phenoxy) is 1. The summed E-state index contributed by atoms with van der Waals surface area (Å²) in [5, 5.41) is 19.1. The van der Waals surface area contributed by atoms with E-state index in [4.69, 9.17) is 9.84 Å². The summed E-state index contributed by atoms with van der Waals surface area (Å²) in [4.78, 5) is 24.8. The maximum absolute atomic E-state index is 12.6. The van der Waals surface area contributed by atoms with Crippen molar-refractivity contribution in [3.63, 3.8) is 0 Å². The number of ketones is 1. The summed E-state index contributed by atoms with van der Waals surface area (Å²) in [7, 11) is 1.24. The Balaban J connectivity index is 3.21. The molecule has 0 radical (unpaired) electrons. The van der Waals surface area contributed by atoms with Crippen molar-refractivity contribution in [2.75, 3.05) is 13.7 Å². The Morgan fingerprint density at radius 1 is 1.17 bits per heavy atom. The highest BCUT2D eigenvalue weighted by molar-refractivity contribution is 6.05. The first kappa shape index (κ1) is 19.3. The molecule has 5 heteroatoms. The van der Waals surface area contributed by atoms with Crippen LogP contribution in [0.1, 0.15) is 41.5 Å². The number of Topliss-reactive ketones (excluding diaryl/α,β-unsaturated/α-hetero) is 1. The van der Waals surface area contributed by atoms with Gasteiger partial charge in [0.2, 0.25) is 0 Å². The zero-order chi connectivity index (χ0) is 17.7. The number of hydrogen-bond acceptors (Lipinski definition) is 5. The van der Waals surface area contributed by atoms with E-state index in [2.05, 4.69) is 0 Å². The van der Waals surface area contributed by atoms with Gasteiger partial charge >= 0.3 is 5.97 Å². The van der Waals surface area contributed by atoms with Crippen LogP contribution in [-0.4, -0.2) is 41.8 Å². The Kier molecular flexibility index (Phi) is 6.91. The average molecular weight is 322 g/mol. The molecule has 1 rings (SSSR count). The molecule has 0 spiro atoms. The van der Waals surface area contributed by atoms with Gasteiger partial charge in [-0.15, -0.1) is 0 Å². The van der Waals surface area contributed by atoms with Crippen molar-refractivity contribution < 1.29 is 24.5 Å². The van der Waals surface area contributed by atoms with E-state index in [0.717, 1.165) is 16.7 Å². The molecule has 23 heavy (non-hydrogen) atoms. The largest absolute Gasteiger partial charge is 0.468 e. The van der Waals surface area contributed by atoms with E-state index in [1.54, 1.807) is 6.92 Å². The highest BCUT2D eigenvalue weighted by Gasteiger charge is 2.33. The summed E-state index contributed by atoms with van der Waals surface area (Å²) in [6.45, 7) is 7.08. The lowest BCUT2D eigenvalue weighted by atomic mass is 9.84. The van der Waals surface area contributed by atoms with Crippen LogP contribution in [-0.2, 0) is 14.3 Å². The minimum absolute atomic E-state index is 0.200. The second-order valence-electron chi connectivity index (χ2n) is 6.17. The molecule has 128 valence electrons. The van der Waals surface area contributed by atoms with E-state index < -0.39 is 29.7 Å². The van der Waals surface area contributed by atoms with Gasteiger partial charge < -0.3 is 14.9 Å². The third-order valence-corrected chi connectivity index (χ3v) is 4.14. The highest BCUT2D eigenvalue weighted by atomic mass is 16.5. The summed E-state index contributed by atoms with van der Waals surface area (Å²) in [6.07, 6.45) is -1.19. The molecule has 0 saturated carbocycles.